The highest BCUT2D eigenvalue weighted by Gasteiger charge is 2.31. The molecule has 2 rings (SSSR count). The van der Waals surface area contributed by atoms with Crippen LogP contribution in [0.2, 0.25) is 0 Å². The molecule has 0 radical (unpaired) electrons. The number of likely N-dealkylation sites (tertiary alicyclic amines) is 1. The van der Waals surface area contributed by atoms with Crippen LogP contribution in [-0.2, 0) is 16.1 Å². The number of phenols is 1. The second-order valence-electron chi connectivity index (χ2n) is 4.58. The predicted molar refractivity (Wildman–Crippen MR) is 65.7 cm³/mol. The fraction of sp³-hybridized carbons (Fsp3) is 0.385. The molecule has 2 N–H and O–H groups in total. The number of carbonyl (C=O) groups is 2. The standard InChI is InChI=1S/C13H15FN2O3/c1-16-12(18)3-2-11(13(16)19)15-7-8-4-9(14)6-10(17)5-8/h4-6,11,15,17H,2-3,7H2,1H3. The number of hydrogen-bond acceptors (Lipinski definition) is 4. The van der Waals surface area contributed by atoms with Crippen LogP contribution in [0.25, 0.3) is 0 Å². The minimum atomic E-state index is -0.529. The molecule has 1 aromatic rings. The monoisotopic (exact) mass is 266 g/mol. The summed E-state index contributed by atoms with van der Waals surface area (Å²) in [5.74, 6) is -1.15. The average molecular weight is 266 g/mol. The molecule has 0 aliphatic carbocycles. The van der Waals surface area contributed by atoms with E-state index in [1.807, 2.05) is 0 Å². The third kappa shape index (κ3) is 3.08. The van der Waals surface area contributed by atoms with Crippen molar-refractivity contribution in [1.82, 2.24) is 10.2 Å². The number of hydrogen-bond donors (Lipinski definition) is 2. The fourth-order valence-electron chi connectivity index (χ4n) is 2.08. The minimum absolute atomic E-state index is 0.154. The SMILES string of the molecule is CN1C(=O)CCC(NCc2cc(O)cc(F)c2)C1=O. The van der Waals surface area contributed by atoms with Gasteiger partial charge >= 0.3 is 0 Å². The molecule has 0 aromatic heterocycles. The third-order valence-electron chi connectivity index (χ3n) is 3.14. The first-order chi connectivity index (χ1) is 8.97. The first kappa shape index (κ1) is 13.5. The molecule has 102 valence electrons. The minimum Gasteiger partial charge on any atom is -0.508 e. The first-order valence-electron chi connectivity index (χ1n) is 5.99. The lowest BCUT2D eigenvalue weighted by atomic mass is 10.0. The highest BCUT2D eigenvalue weighted by atomic mass is 19.1. The van der Waals surface area contributed by atoms with E-state index >= 15 is 0 Å². The van der Waals surface area contributed by atoms with Gasteiger partial charge in [-0.15, -0.1) is 0 Å². The van der Waals surface area contributed by atoms with Gasteiger partial charge in [0.1, 0.15) is 11.6 Å². The lowest BCUT2D eigenvalue weighted by molar-refractivity contribution is -0.148. The van der Waals surface area contributed by atoms with E-state index in [0.717, 1.165) is 11.0 Å². The number of piperidine rings is 1. The summed E-state index contributed by atoms with van der Waals surface area (Å²) < 4.78 is 13.1. The van der Waals surface area contributed by atoms with Crippen LogP contribution in [0.15, 0.2) is 18.2 Å². The van der Waals surface area contributed by atoms with Crippen LogP contribution in [0.1, 0.15) is 18.4 Å². The molecule has 1 atom stereocenters. The van der Waals surface area contributed by atoms with E-state index < -0.39 is 11.9 Å². The van der Waals surface area contributed by atoms with E-state index in [4.69, 9.17) is 0 Å². The van der Waals surface area contributed by atoms with Gasteiger partial charge in [-0.05, 0) is 24.1 Å². The number of imide groups is 1. The molecule has 1 saturated heterocycles. The number of nitrogens with zero attached hydrogens (tertiary/aromatic N) is 1. The molecule has 0 spiro atoms. The molecule has 0 saturated carbocycles. The Morgan fingerprint density at radius 2 is 2.16 bits per heavy atom. The van der Waals surface area contributed by atoms with Crippen LogP contribution in [0.4, 0.5) is 4.39 Å². The zero-order valence-corrected chi connectivity index (χ0v) is 10.5. The molecule has 1 fully saturated rings. The summed E-state index contributed by atoms with van der Waals surface area (Å²) in [6.07, 6.45) is 0.748. The molecule has 19 heavy (non-hydrogen) atoms. The van der Waals surface area contributed by atoms with Gasteiger partial charge in [0.05, 0.1) is 6.04 Å². The number of halogens is 1. The highest BCUT2D eigenvalue weighted by Crippen LogP contribution is 2.16. The van der Waals surface area contributed by atoms with Crippen LogP contribution < -0.4 is 5.32 Å². The van der Waals surface area contributed by atoms with Gasteiger partial charge in [0.25, 0.3) is 0 Å². The van der Waals surface area contributed by atoms with E-state index in [0.29, 0.717) is 18.4 Å². The molecule has 1 aliphatic heterocycles. The molecule has 1 aromatic carbocycles. The highest BCUT2D eigenvalue weighted by molar-refractivity contribution is 6.00. The Morgan fingerprint density at radius 3 is 2.84 bits per heavy atom. The second kappa shape index (κ2) is 5.36. The maximum absolute atomic E-state index is 13.1. The lowest BCUT2D eigenvalue weighted by Crippen LogP contribution is -2.51. The molecule has 2 amide bonds. The third-order valence-corrected chi connectivity index (χ3v) is 3.14. The number of carbonyl (C=O) groups excluding carboxylic acids is 2. The molecule has 1 unspecified atom stereocenters. The van der Waals surface area contributed by atoms with Crippen molar-refractivity contribution in [3.63, 3.8) is 0 Å². The van der Waals surface area contributed by atoms with Crippen LogP contribution in [0.5, 0.6) is 5.75 Å². The number of likely N-dealkylation sites (N-methyl/N-ethyl adjacent to an activating group) is 1. The number of nitrogens with one attached hydrogen (secondary N) is 1. The molecular formula is C13H15FN2O3. The number of phenolic OH excluding ortho intramolecular Hbond substituents is 1. The van der Waals surface area contributed by atoms with E-state index in [1.54, 1.807) is 0 Å². The van der Waals surface area contributed by atoms with Gasteiger partial charge in [-0.3, -0.25) is 14.5 Å². The Kier molecular flexibility index (Phi) is 3.80. The van der Waals surface area contributed by atoms with Crippen molar-refractivity contribution in [1.29, 1.82) is 0 Å². The summed E-state index contributed by atoms with van der Waals surface area (Å²) in [5.41, 5.74) is 0.546. The summed E-state index contributed by atoms with van der Waals surface area (Å²) in [7, 11) is 1.45. The summed E-state index contributed by atoms with van der Waals surface area (Å²) >= 11 is 0. The van der Waals surface area contributed by atoms with Crippen molar-refractivity contribution in [3.8, 4) is 5.75 Å². The van der Waals surface area contributed by atoms with Crippen molar-refractivity contribution in [3.05, 3.63) is 29.6 Å². The van der Waals surface area contributed by atoms with Crippen LogP contribution in [0.3, 0.4) is 0 Å². The summed E-state index contributed by atoms with van der Waals surface area (Å²) in [5, 5.41) is 12.2. The Hall–Kier alpha value is -1.95. The Morgan fingerprint density at radius 1 is 1.42 bits per heavy atom. The number of benzene rings is 1. The van der Waals surface area contributed by atoms with Gasteiger partial charge in [-0.1, -0.05) is 0 Å². The quantitative estimate of drug-likeness (QED) is 0.793. The Bertz CT molecular complexity index is 498. The lowest BCUT2D eigenvalue weighted by Gasteiger charge is -2.28. The molecule has 5 nitrogen and oxygen atoms in total. The van der Waals surface area contributed by atoms with Gasteiger partial charge in [0.15, 0.2) is 0 Å². The largest absolute Gasteiger partial charge is 0.508 e. The van der Waals surface area contributed by atoms with Gasteiger partial charge in [-0.25, -0.2) is 4.39 Å². The molecular weight excluding hydrogens is 251 g/mol. The fourth-order valence-corrected chi connectivity index (χ4v) is 2.08. The van der Waals surface area contributed by atoms with E-state index in [9.17, 15) is 19.1 Å². The summed E-state index contributed by atoms with van der Waals surface area (Å²) in [6.45, 7) is 0.254. The maximum Gasteiger partial charge on any atom is 0.246 e. The van der Waals surface area contributed by atoms with Gasteiger partial charge < -0.3 is 10.4 Å². The Labute approximate surface area is 110 Å². The van der Waals surface area contributed by atoms with Crippen molar-refractivity contribution >= 4 is 11.8 Å². The van der Waals surface area contributed by atoms with Gasteiger partial charge in [0, 0.05) is 26.1 Å². The van der Waals surface area contributed by atoms with Crippen molar-refractivity contribution < 1.29 is 19.1 Å². The van der Waals surface area contributed by atoms with E-state index in [1.165, 1.54) is 19.2 Å². The first-order valence-corrected chi connectivity index (χ1v) is 5.99. The van der Waals surface area contributed by atoms with Gasteiger partial charge in [-0.2, -0.15) is 0 Å². The molecule has 6 heteroatoms. The normalized spacial score (nSPS) is 19.9. The number of amides is 2. The number of rotatable bonds is 3. The van der Waals surface area contributed by atoms with Crippen LogP contribution >= 0.6 is 0 Å². The predicted octanol–water partition coefficient (Wildman–Crippen LogP) is 0.768. The van der Waals surface area contributed by atoms with Crippen molar-refractivity contribution in [2.75, 3.05) is 7.05 Å². The van der Waals surface area contributed by atoms with E-state index in [2.05, 4.69) is 5.32 Å². The summed E-state index contributed by atoms with van der Waals surface area (Å²) in [4.78, 5) is 24.2. The summed E-state index contributed by atoms with van der Waals surface area (Å²) in [6, 6.07) is 3.28. The molecule has 1 aliphatic rings. The zero-order chi connectivity index (χ0) is 14.0. The second-order valence-corrected chi connectivity index (χ2v) is 4.58. The number of aromatic hydroxyl groups is 1. The van der Waals surface area contributed by atoms with Crippen molar-refractivity contribution in [2.45, 2.75) is 25.4 Å². The average Bonchev–Trinajstić information content (AvgIpc) is 2.34. The van der Waals surface area contributed by atoms with Crippen molar-refractivity contribution in [2.24, 2.45) is 0 Å². The maximum atomic E-state index is 13.1. The Balaban J connectivity index is 1.99. The topological polar surface area (TPSA) is 69.6 Å². The van der Waals surface area contributed by atoms with Crippen LogP contribution in [0, 0.1) is 5.82 Å². The van der Waals surface area contributed by atoms with Gasteiger partial charge in [0.2, 0.25) is 11.8 Å². The molecule has 0 bridgehead atoms. The zero-order valence-electron chi connectivity index (χ0n) is 10.5. The molecule has 1 heterocycles. The van der Waals surface area contributed by atoms with Crippen LogP contribution in [-0.4, -0.2) is 34.9 Å². The smallest absolute Gasteiger partial charge is 0.246 e. The van der Waals surface area contributed by atoms with E-state index in [-0.39, 0.29) is 24.1 Å².